The fourth-order valence-corrected chi connectivity index (χ4v) is 2.01. The standard InChI is InChI=1S/C7H14N2.2C2H6/c1-8-4-6-3-7(5-8)9(6)2;2*1-2/h6-7H,3-5H2,1-2H3;2*1-2H3. The van der Waals surface area contributed by atoms with Crippen molar-refractivity contribution in [3.63, 3.8) is 0 Å². The van der Waals surface area contributed by atoms with E-state index in [1.807, 2.05) is 27.7 Å². The van der Waals surface area contributed by atoms with Gasteiger partial charge in [-0.1, -0.05) is 27.7 Å². The molecule has 3 fully saturated rings. The van der Waals surface area contributed by atoms with Crippen molar-refractivity contribution in [2.24, 2.45) is 0 Å². The number of likely N-dealkylation sites (N-methyl/N-ethyl adjacent to an activating group) is 2. The second-order valence-electron chi connectivity index (χ2n) is 3.43. The third-order valence-corrected chi connectivity index (χ3v) is 2.74. The Bertz CT molecular complexity index is 113. The Kier molecular flexibility index (Phi) is 6.35. The molecule has 3 aliphatic rings. The topological polar surface area (TPSA) is 6.48 Å². The van der Waals surface area contributed by atoms with Crippen LogP contribution in [0.3, 0.4) is 0 Å². The maximum atomic E-state index is 2.50. The van der Waals surface area contributed by atoms with Crippen LogP contribution in [-0.2, 0) is 0 Å². The average molecular weight is 186 g/mol. The second kappa shape index (κ2) is 6.39. The first-order valence-electron chi connectivity index (χ1n) is 5.68. The zero-order valence-electron chi connectivity index (χ0n) is 10.2. The molecule has 0 N–H and O–H groups in total. The first-order valence-corrected chi connectivity index (χ1v) is 5.68. The molecule has 3 rings (SSSR count). The van der Waals surface area contributed by atoms with Crippen molar-refractivity contribution < 1.29 is 0 Å². The molecule has 3 aliphatic heterocycles. The molecule has 2 nitrogen and oxygen atoms in total. The third-order valence-electron chi connectivity index (χ3n) is 2.74. The van der Waals surface area contributed by atoms with Crippen LogP contribution < -0.4 is 0 Å². The maximum Gasteiger partial charge on any atom is 0.0238 e. The van der Waals surface area contributed by atoms with Crippen molar-refractivity contribution in [2.75, 3.05) is 27.2 Å². The van der Waals surface area contributed by atoms with Crippen LogP contribution in [0.15, 0.2) is 0 Å². The average Bonchev–Trinajstić information content (AvgIpc) is 2.23. The molecule has 3 heterocycles. The van der Waals surface area contributed by atoms with Crippen molar-refractivity contribution in [1.29, 1.82) is 0 Å². The van der Waals surface area contributed by atoms with Gasteiger partial charge in [0.2, 0.25) is 0 Å². The summed E-state index contributed by atoms with van der Waals surface area (Å²) in [5.41, 5.74) is 0. The smallest absolute Gasteiger partial charge is 0.0238 e. The molecule has 3 saturated heterocycles. The summed E-state index contributed by atoms with van der Waals surface area (Å²) in [6.07, 6.45) is 1.45. The van der Waals surface area contributed by atoms with Crippen LogP contribution in [0, 0.1) is 0 Å². The normalized spacial score (nSPS) is 31.8. The van der Waals surface area contributed by atoms with Crippen LogP contribution in [0.1, 0.15) is 34.1 Å². The van der Waals surface area contributed by atoms with Gasteiger partial charge in [-0.15, -0.1) is 0 Å². The Balaban J connectivity index is 0.000000322. The van der Waals surface area contributed by atoms with Crippen molar-refractivity contribution in [2.45, 2.75) is 46.2 Å². The Morgan fingerprint density at radius 2 is 1.23 bits per heavy atom. The van der Waals surface area contributed by atoms with E-state index >= 15 is 0 Å². The maximum absolute atomic E-state index is 2.50. The number of hydrogen-bond donors (Lipinski definition) is 0. The Hall–Kier alpha value is -0.0800. The fourth-order valence-electron chi connectivity index (χ4n) is 2.01. The molecule has 0 aromatic rings. The molecular weight excluding hydrogens is 160 g/mol. The SMILES string of the molecule is CC.CC.CN1CC2CC(C1)N2C. The summed E-state index contributed by atoms with van der Waals surface area (Å²) in [5, 5.41) is 0. The molecule has 0 aromatic heterocycles. The summed E-state index contributed by atoms with van der Waals surface area (Å²) in [6.45, 7) is 10.6. The van der Waals surface area contributed by atoms with Gasteiger partial charge in [0.15, 0.2) is 0 Å². The van der Waals surface area contributed by atoms with Gasteiger partial charge >= 0.3 is 0 Å². The van der Waals surface area contributed by atoms with E-state index in [0.29, 0.717) is 0 Å². The van der Waals surface area contributed by atoms with Gasteiger partial charge in [-0.25, -0.2) is 0 Å². The summed E-state index contributed by atoms with van der Waals surface area (Å²) in [5.74, 6) is 0. The zero-order chi connectivity index (χ0) is 10.4. The molecule has 2 heteroatoms. The number of hydrogen-bond acceptors (Lipinski definition) is 2. The lowest BCUT2D eigenvalue weighted by molar-refractivity contribution is -0.0408. The van der Waals surface area contributed by atoms with E-state index in [1.54, 1.807) is 0 Å². The van der Waals surface area contributed by atoms with Gasteiger partial charge in [-0.2, -0.15) is 0 Å². The summed E-state index contributed by atoms with van der Waals surface area (Å²) < 4.78 is 0. The highest BCUT2D eigenvalue weighted by molar-refractivity contribution is 4.97. The lowest BCUT2D eigenvalue weighted by Crippen LogP contribution is -2.66. The number of rotatable bonds is 0. The van der Waals surface area contributed by atoms with Gasteiger partial charge in [0.25, 0.3) is 0 Å². The van der Waals surface area contributed by atoms with Crippen LogP contribution in [0.2, 0.25) is 0 Å². The molecule has 0 aliphatic carbocycles. The van der Waals surface area contributed by atoms with E-state index in [9.17, 15) is 0 Å². The van der Waals surface area contributed by atoms with Crippen LogP contribution in [-0.4, -0.2) is 49.1 Å². The zero-order valence-corrected chi connectivity index (χ0v) is 10.2. The molecule has 2 atom stereocenters. The first-order chi connectivity index (χ1) is 6.27. The number of piperazine rings is 1. The molecule has 2 bridgehead atoms. The molecule has 2 unspecified atom stereocenters. The fraction of sp³-hybridized carbons (Fsp3) is 1.00. The van der Waals surface area contributed by atoms with E-state index in [1.165, 1.54) is 19.5 Å². The lowest BCUT2D eigenvalue weighted by Gasteiger charge is -2.54. The third kappa shape index (κ3) is 2.96. The van der Waals surface area contributed by atoms with Crippen LogP contribution in [0.5, 0.6) is 0 Å². The molecule has 0 radical (unpaired) electrons. The predicted octanol–water partition coefficient (Wildman–Crippen LogP) is 2.06. The van der Waals surface area contributed by atoms with Gasteiger partial charge in [0.1, 0.15) is 0 Å². The highest BCUT2D eigenvalue weighted by Crippen LogP contribution is 2.28. The molecule has 0 saturated carbocycles. The quantitative estimate of drug-likeness (QED) is 0.571. The minimum Gasteiger partial charge on any atom is -0.303 e. The van der Waals surface area contributed by atoms with Gasteiger partial charge < -0.3 is 4.90 Å². The van der Waals surface area contributed by atoms with Gasteiger partial charge in [-0.3, -0.25) is 4.90 Å². The van der Waals surface area contributed by atoms with E-state index in [2.05, 4.69) is 23.9 Å². The van der Waals surface area contributed by atoms with Gasteiger partial charge in [0, 0.05) is 25.2 Å². The summed E-state index contributed by atoms with van der Waals surface area (Å²) in [7, 11) is 4.46. The largest absolute Gasteiger partial charge is 0.303 e. The Morgan fingerprint density at radius 1 is 0.846 bits per heavy atom. The predicted molar refractivity (Wildman–Crippen MR) is 60.1 cm³/mol. The van der Waals surface area contributed by atoms with Gasteiger partial charge in [-0.05, 0) is 20.5 Å². The summed E-state index contributed by atoms with van der Waals surface area (Å²) in [6, 6.07) is 1.77. The minimum absolute atomic E-state index is 0.883. The van der Waals surface area contributed by atoms with E-state index in [-0.39, 0.29) is 0 Å². The highest BCUT2D eigenvalue weighted by Gasteiger charge is 2.40. The van der Waals surface area contributed by atoms with Crippen molar-refractivity contribution in [3.05, 3.63) is 0 Å². The molecule has 0 spiro atoms. The summed E-state index contributed by atoms with van der Waals surface area (Å²) in [4.78, 5) is 4.93. The van der Waals surface area contributed by atoms with E-state index in [4.69, 9.17) is 0 Å². The molecule has 0 amide bonds. The molecule has 13 heavy (non-hydrogen) atoms. The van der Waals surface area contributed by atoms with Crippen LogP contribution >= 0.6 is 0 Å². The van der Waals surface area contributed by atoms with Crippen molar-refractivity contribution in [3.8, 4) is 0 Å². The Morgan fingerprint density at radius 3 is 1.46 bits per heavy atom. The molecular formula is C11H26N2. The van der Waals surface area contributed by atoms with Crippen LogP contribution in [0.4, 0.5) is 0 Å². The first kappa shape index (κ1) is 12.9. The molecule has 80 valence electrons. The van der Waals surface area contributed by atoms with Crippen LogP contribution in [0.25, 0.3) is 0 Å². The number of piperidine rings is 1. The lowest BCUT2D eigenvalue weighted by atomic mass is 9.89. The number of nitrogens with zero attached hydrogens (tertiary/aromatic N) is 2. The van der Waals surface area contributed by atoms with Crippen molar-refractivity contribution >= 4 is 0 Å². The highest BCUT2D eigenvalue weighted by atomic mass is 15.3. The summed E-state index contributed by atoms with van der Waals surface area (Å²) >= 11 is 0. The minimum atomic E-state index is 0.883. The van der Waals surface area contributed by atoms with E-state index in [0.717, 1.165) is 12.1 Å². The van der Waals surface area contributed by atoms with Gasteiger partial charge in [0.05, 0.1) is 0 Å². The molecule has 0 aromatic carbocycles. The number of fused-ring (bicyclic) bond motifs is 2. The van der Waals surface area contributed by atoms with Crippen molar-refractivity contribution in [1.82, 2.24) is 9.80 Å². The van der Waals surface area contributed by atoms with E-state index < -0.39 is 0 Å². The monoisotopic (exact) mass is 186 g/mol. The second-order valence-corrected chi connectivity index (χ2v) is 3.43. The Labute approximate surface area is 83.9 Å².